The van der Waals surface area contributed by atoms with E-state index in [-0.39, 0.29) is 0 Å². The van der Waals surface area contributed by atoms with Gasteiger partial charge in [0.05, 0.1) is 13.2 Å². The molecule has 0 heterocycles. The predicted octanol–water partition coefficient (Wildman–Crippen LogP) is 4.47. The zero-order chi connectivity index (χ0) is 13.3. The molecule has 1 heteroatoms. The molecule has 0 aliphatic rings. The summed E-state index contributed by atoms with van der Waals surface area (Å²) >= 11 is 0. The minimum Gasteiger partial charge on any atom is -0.376 e. The van der Waals surface area contributed by atoms with Gasteiger partial charge in [-0.1, -0.05) is 74.0 Å². The maximum Gasteiger partial charge on any atom is 0.0717 e. The Morgan fingerprint density at radius 1 is 0.842 bits per heavy atom. The van der Waals surface area contributed by atoms with E-state index in [4.69, 9.17) is 4.74 Å². The third-order valence-electron chi connectivity index (χ3n) is 3.41. The van der Waals surface area contributed by atoms with Gasteiger partial charge in [-0.05, 0) is 23.5 Å². The molecule has 2 aromatic carbocycles. The van der Waals surface area contributed by atoms with E-state index >= 15 is 0 Å². The van der Waals surface area contributed by atoms with Crippen LogP contribution < -0.4 is 0 Å². The van der Waals surface area contributed by atoms with Crippen molar-refractivity contribution in [3.8, 4) is 0 Å². The Labute approximate surface area is 116 Å². The highest BCUT2D eigenvalue weighted by atomic mass is 16.5. The van der Waals surface area contributed by atoms with Gasteiger partial charge in [-0.2, -0.15) is 0 Å². The van der Waals surface area contributed by atoms with E-state index in [0.29, 0.717) is 12.5 Å². The first-order chi connectivity index (χ1) is 9.38. The molecular weight excluding hydrogens is 232 g/mol. The van der Waals surface area contributed by atoms with Crippen molar-refractivity contribution in [1.82, 2.24) is 0 Å². The molecule has 0 radical (unpaired) electrons. The van der Waals surface area contributed by atoms with Crippen molar-refractivity contribution in [2.45, 2.75) is 26.4 Å². The molecule has 0 N–H and O–H groups in total. The van der Waals surface area contributed by atoms with Crippen molar-refractivity contribution in [1.29, 1.82) is 0 Å². The van der Waals surface area contributed by atoms with E-state index < -0.39 is 0 Å². The smallest absolute Gasteiger partial charge is 0.0717 e. The second kappa shape index (κ2) is 7.75. The van der Waals surface area contributed by atoms with Gasteiger partial charge in [-0.25, -0.2) is 0 Å². The highest BCUT2D eigenvalue weighted by Gasteiger charge is 2.07. The van der Waals surface area contributed by atoms with Gasteiger partial charge in [0.15, 0.2) is 0 Å². The van der Waals surface area contributed by atoms with Crippen molar-refractivity contribution < 1.29 is 4.74 Å². The van der Waals surface area contributed by atoms with E-state index in [1.807, 2.05) is 6.07 Å². The highest BCUT2D eigenvalue weighted by Crippen LogP contribution is 2.13. The number of ether oxygens (including phenoxy) is 1. The van der Waals surface area contributed by atoms with Gasteiger partial charge in [0.2, 0.25) is 0 Å². The van der Waals surface area contributed by atoms with Crippen LogP contribution in [0, 0.1) is 5.92 Å². The SMILES string of the molecule is CC[C@H](COCc1ccccc1)Cc1ccccc1. The molecule has 1 nitrogen and oxygen atoms in total. The lowest BCUT2D eigenvalue weighted by Gasteiger charge is -2.15. The molecule has 0 aliphatic carbocycles. The normalized spacial score (nSPS) is 12.3. The van der Waals surface area contributed by atoms with Crippen LogP contribution in [0.1, 0.15) is 24.5 Å². The average molecular weight is 254 g/mol. The van der Waals surface area contributed by atoms with Gasteiger partial charge in [-0.15, -0.1) is 0 Å². The van der Waals surface area contributed by atoms with E-state index in [9.17, 15) is 0 Å². The molecule has 0 unspecified atom stereocenters. The van der Waals surface area contributed by atoms with Gasteiger partial charge in [-0.3, -0.25) is 0 Å². The summed E-state index contributed by atoms with van der Waals surface area (Å²) in [7, 11) is 0. The standard InChI is InChI=1S/C18H22O/c1-2-16(13-17-9-5-3-6-10-17)14-19-15-18-11-7-4-8-12-18/h3-12,16H,2,13-15H2,1H3/t16-/m0/s1. The van der Waals surface area contributed by atoms with Gasteiger partial charge in [0.1, 0.15) is 0 Å². The molecule has 19 heavy (non-hydrogen) atoms. The van der Waals surface area contributed by atoms with E-state index in [2.05, 4.69) is 61.5 Å². The Morgan fingerprint density at radius 3 is 2.00 bits per heavy atom. The molecule has 0 fully saturated rings. The van der Waals surface area contributed by atoms with Crippen LogP contribution in [-0.4, -0.2) is 6.61 Å². The van der Waals surface area contributed by atoms with Gasteiger partial charge in [0, 0.05) is 0 Å². The first kappa shape index (κ1) is 13.8. The summed E-state index contributed by atoms with van der Waals surface area (Å²) in [6.45, 7) is 3.78. The van der Waals surface area contributed by atoms with Crippen molar-refractivity contribution >= 4 is 0 Å². The van der Waals surface area contributed by atoms with Crippen LogP contribution in [0.5, 0.6) is 0 Å². The van der Waals surface area contributed by atoms with Crippen LogP contribution in [-0.2, 0) is 17.8 Å². The first-order valence-electron chi connectivity index (χ1n) is 7.04. The fourth-order valence-corrected chi connectivity index (χ4v) is 2.19. The average Bonchev–Trinajstić information content (AvgIpc) is 2.48. The number of rotatable bonds is 7. The van der Waals surface area contributed by atoms with Crippen LogP contribution in [0.4, 0.5) is 0 Å². The topological polar surface area (TPSA) is 9.23 Å². The van der Waals surface area contributed by atoms with Crippen molar-refractivity contribution in [2.24, 2.45) is 5.92 Å². The van der Waals surface area contributed by atoms with Gasteiger partial charge in [0.25, 0.3) is 0 Å². The minimum absolute atomic E-state index is 0.603. The lowest BCUT2D eigenvalue weighted by atomic mass is 9.98. The minimum atomic E-state index is 0.603. The van der Waals surface area contributed by atoms with E-state index in [1.54, 1.807) is 0 Å². The van der Waals surface area contributed by atoms with E-state index in [1.165, 1.54) is 11.1 Å². The number of benzene rings is 2. The molecule has 100 valence electrons. The summed E-state index contributed by atoms with van der Waals surface area (Å²) < 4.78 is 5.84. The Hall–Kier alpha value is -1.60. The molecule has 0 saturated carbocycles. The summed E-state index contributed by atoms with van der Waals surface area (Å²) in [5.41, 5.74) is 2.65. The summed E-state index contributed by atoms with van der Waals surface area (Å²) in [6, 6.07) is 21.0. The summed E-state index contributed by atoms with van der Waals surface area (Å²) in [6.07, 6.45) is 2.26. The zero-order valence-electron chi connectivity index (χ0n) is 11.6. The van der Waals surface area contributed by atoms with Crippen LogP contribution in [0.15, 0.2) is 60.7 Å². The second-order valence-corrected chi connectivity index (χ2v) is 4.96. The third-order valence-corrected chi connectivity index (χ3v) is 3.41. The van der Waals surface area contributed by atoms with E-state index in [0.717, 1.165) is 19.4 Å². The lowest BCUT2D eigenvalue weighted by molar-refractivity contribution is 0.0856. The Balaban J connectivity index is 1.77. The van der Waals surface area contributed by atoms with Crippen LogP contribution in [0.3, 0.4) is 0 Å². The maximum atomic E-state index is 5.84. The molecule has 2 aromatic rings. The van der Waals surface area contributed by atoms with Crippen molar-refractivity contribution in [3.05, 3.63) is 71.8 Å². The fourth-order valence-electron chi connectivity index (χ4n) is 2.19. The predicted molar refractivity (Wildman–Crippen MR) is 80.0 cm³/mol. The van der Waals surface area contributed by atoms with Gasteiger partial charge >= 0.3 is 0 Å². The van der Waals surface area contributed by atoms with Crippen LogP contribution in [0.2, 0.25) is 0 Å². The quantitative estimate of drug-likeness (QED) is 0.708. The molecule has 0 bridgehead atoms. The second-order valence-electron chi connectivity index (χ2n) is 4.96. The monoisotopic (exact) mass is 254 g/mol. The zero-order valence-corrected chi connectivity index (χ0v) is 11.6. The molecule has 2 rings (SSSR count). The highest BCUT2D eigenvalue weighted by molar-refractivity contribution is 5.15. The van der Waals surface area contributed by atoms with Gasteiger partial charge < -0.3 is 4.74 Å². The lowest BCUT2D eigenvalue weighted by Crippen LogP contribution is -2.11. The van der Waals surface area contributed by atoms with Crippen molar-refractivity contribution in [3.63, 3.8) is 0 Å². The Kier molecular flexibility index (Phi) is 5.64. The molecular formula is C18H22O. The maximum absolute atomic E-state index is 5.84. The fraction of sp³-hybridized carbons (Fsp3) is 0.333. The molecule has 1 atom stereocenters. The van der Waals surface area contributed by atoms with Crippen molar-refractivity contribution in [2.75, 3.05) is 6.61 Å². The Morgan fingerprint density at radius 2 is 1.42 bits per heavy atom. The number of hydrogen-bond acceptors (Lipinski definition) is 1. The molecule has 0 spiro atoms. The largest absolute Gasteiger partial charge is 0.376 e. The third kappa shape index (κ3) is 4.88. The van der Waals surface area contributed by atoms with Crippen LogP contribution in [0.25, 0.3) is 0 Å². The molecule has 0 aromatic heterocycles. The first-order valence-corrected chi connectivity index (χ1v) is 7.04. The summed E-state index contributed by atoms with van der Waals surface area (Å²) in [4.78, 5) is 0. The summed E-state index contributed by atoms with van der Waals surface area (Å²) in [5, 5.41) is 0. The summed E-state index contributed by atoms with van der Waals surface area (Å²) in [5.74, 6) is 0.603. The molecule has 0 aliphatic heterocycles. The Bertz CT molecular complexity index is 450. The van der Waals surface area contributed by atoms with Crippen LogP contribution >= 0.6 is 0 Å². The number of hydrogen-bond donors (Lipinski definition) is 0. The molecule has 0 amide bonds. The molecule has 0 saturated heterocycles.